The molecule has 1 N–H and O–H groups in total. The van der Waals surface area contributed by atoms with Gasteiger partial charge < -0.3 is 19.7 Å². The lowest BCUT2D eigenvalue weighted by Gasteiger charge is -2.27. The van der Waals surface area contributed by atoms with E-state index in [-0.39, 0.29) is 18.0 Å². The molecule has 10 heteroatoms. The fraction of sp³-hybridized carbons (Fsp3) is 0.667. The Morgan fingerprint density at radius 3 is 2.84 bits per heavy atom. The summed E-state index contributed by atoms with van der Waals surface area (Å²) in [4.78, 5) is 26.4. The van der Waals surface area contributed by atoms with Crippen LogP contribution in [0.3, 0.4) is 0 Å². The summed E-state index contributed by atoms with van der Waals surface area (Å²) in [5, 5.41) is 15.3. The third kappa shape index (κ3) is 6.79. The van der Waals surface area contributed by atoms with Crippen LogP contribution in [0.25, 0.3) is 0 Å². The summed E-state index contributed by atoms with van der Waals surface area (Å²) in [6.45, 7) is 7.20. The van der Waals surface area contributed by atoms with E-state index in [1.54, 1.807) is 22.0 Å². The summed E-state index contributed by atoms with van der Waals surface area (Å²) in [5.74, 6) is 2.44. The zero-order chi connectivity index (χ0) is 22.5. The van der Waals surface area contributed by atoms with Crippen LogP contribution >= 0.6 is 0 Å². The van der Waals surface area contributed by atoms with Crippen molar-refractivity contribution in [3.63, 3.8) is 0 Å². The van der Waals surface area contributed by atoms with Gasteiger partial charge in [-0.15, -0.1) is 12.3 Å². The summed E-state index contributed by atoms with van der Waals surface area (Å²) in [6, 6.07) is -0.184. The molecular weight excluding hydrogens is 400 g/mol. The summed E-state index contributed by atoms with van der Waals surface area (Å²) >= 11 is 0. The highest BCUT2D eigenvalue weighted by Crippen LogP contribution is 2.37. The Hall–Kier alpha value is -2.93. The number of hydrogen-bond donors (Lipinski definition) is 1. The first-order chi connectivity index (χ1) is 14.7. The van der Waals surface area contributed by atoms with E-state index in [9.17, 15) is 9.59 Å². The molecule has 1 saturated heterocycles. The predicted octanol–water partition coefficient (Wildman–Crippen LogP) is 2.99. The average Bonchev–Trinajstić information content (AvgIpc) is 3.40. The van der Waals surface area contributed by atoms with E-state index in [1.807, 2.05) is 20.8 Å². The van der Waals surface area contributed by atoms with Gasteiger partial charge in [-0.25, -0.2) is 4.79 Å². The molecule has 1 aromatic heterocycles. The average molecular weight is 431 g/mol. The van der Waals surface area contributed by atoms with E-state index in [0.717, 1.165) is 0 Å². The first-order valence-corrected chi connectivity index (χ1v) is 10.5. The number of carbonyl (C=O) groups excluding carboxylic acids is 2. The van der Waals surface area contributed by atoms with E-state index >= 15 is 0 Å². The van der Waals surface area contributed by atoms with Crippen molar-refractivity contribution < 1.29 is 19.1 Å². The lowest BCUT2D eigenvalue weighted by molar-refractivity contribution is -0.116. The molecule has 2 aliphatic rings. The largest absolute Gasteiger partial charge is 0.444 e. The molecule has 2 aliphatic heterocycles. The summed E-state index contributed by atoms with van der Waals surface area (Å²) in [5.41, 5.74) is -0.458. The molecular formula is C21H30N6O4. The topological polar surface area (TPSA) is 110 Å². The number of amides is 2. The molecule has 10 nitrogen and oxygen atoms in total. The highest BCUT2D eigenvalue weighted by Gasteiger charge is 2.39. The minimum absolute atomic E-state index is 0.135. The number of nitrogens with one attached hydrogen (secondary N) is 1. The molecule has 1 unspecified atom stereocenters. The molecule has 0 aromatic carbocycles. The van der Waals surface area contributed by atoms with Gasteiger partial charge in [0.25, 0.3) is 0 Å². The van der Waals surface area contributed by atoms with Crippen LogP contribution in [0.1, 0.15) is 52.5 Å². The van der Waals surface area contributed by atoms with Crippen molar-refractivity contribution in [2.45, 2.75) is 63.8 Å². The molecule has 3 rings (SSSR count). The minimum atomic E-state index is -0.566. The maximum atomic E-state index is 12.5. The van der Waals surface area contributed by atoms with Crippen molar-refractivity contribution in [1.82, 2.24) is 14.7 Å². The standard InChI is InChI=1S/C21H30N6O4/c1-5-6-8-21(24-25-21)9-7-18(28)23-16-12-22-27(13-16)17-14-26(10-11-30-15-17)19(29)31-20(2,3)4/h1,12-13,17H,6-11,14-15H2,2-4H3,(H,23,28). The zero-order valence-electron chi connectivity index (χ0n) is 18.3. The minimum Gasteiger partial charge on any atom is -0.444 e. The Kier molecular flexibility index (Phi) is 6.95. The number of ether oxygens (including phenoxy) is 2. The number of rotatable bonds is 7. The van der Waals surface area contributed by atoms with Gasteiger partial charge >= 0.3 is 6.09 Å². The number of nitrogens with zero attached hydrogens (tertiary/aromatic N) is 5. The first kappa shape index (κ1) is 22.7. The second kappa shape index (κ2) is 9.47. The molecule has 1 fully saturated rings. The van der Waals surface area contributed by atoms with Gasteiger partial charge in [0.15, 0.2) is 5.66 Å². The van der Waals surface area contributed by atoms with Crippen LogP contribution in [0, 0.1) is 12.3 Å². The van der Waals surface area contributed by atoms with E-state index in [0.29, 0.717) is 57.7 Å². The molecule has 3 heterocycles. The van der Waals surface area contributed by atoms with Crippen LogP contribution in [0.2, 0.25) is 0 Å². The summed E-state index contributed by atoms with van der Waals surface area (Å²) in [7, 11) is 0. The van der Waals surface area contributed by atoms with Gasteiger partial charge in [0.2, 0.25) is 5.91 Å². The van der Waals surface area contributed by atoms with Crippen molar-refractivity contribution in [1.29, 1.82) is 0 Å². The summed E-state index contributed by atoms with van der Waals surface area (Å²) in [6.07, 6.45) is 10.3. The first-order valence-electron chi connectivity index (χ1n) is 10.5. The molecule has 2 amide bonds. The molecule has 168 valence electrons. The molecule has 1 aromatic rings. The third-order valence-electron chi connectivity index (χ3n) is 4.96. The van der Waals surface area contributed by atoms with Gasteiger partial charge in [-0.1, -0.05) is 0 Å². The van der Waals surface area contributed by atoms with Crippen molar-refractivity contribution in [2.24, 2.45) is 10.2 Å². The van der Waals surface area contributed by atoms with Crippen LogP contribution in [0.15, 0.2) is 22.6 Å². The maximum absolute atomic E-state index is 12.5. The van der Waals surface area contributed by atoms with Crippen LogP contribution in [0.5, 0.6) is 0 Å². The monoisotopic (exact) mass is 430 g/mol. The summed E-state index contributed by atoms with van der Waals surface area (Å²) < 4.78 is 12.8. The van der Waals surface area contributed by atoms with Gasteiger partial charge in [0.1, 0.15) is 5.60 Å². The Morgan fingerprint density at radius 2 is 2.16 bits per heavy atom. The van der Waals surface area contributed by atoms with Gasteiger partial charge in [0.05, 0.1) is 31.1 Å². The highest BCUT2D eigenvalue weighted by atomic mass is 16.6. The molecule has 0 spiro atoms. The Bertz CT molecular complexity index is 860. The number of carbonyl (C=O) groups is 2. The van der Waals surface area contributed by atoms with Crippen LogP contribution in [0.4, 0.5) is 10.5 Å². The van der Waals surface area contributed by atoms with Gasteiger partial charge in [-0.3, -0.25) is 9.48 Å². The zero-order valence-corrected chi connectivity index (χ0v) is 18.3. The smallest absolute Gasteiger partial charge is 0.410 e. The van der Waals surface area contributed by atoms with Crippen LogP contribution < -0.4 is 5.32 Å². The molecule has 0 radical (unpaired) electrons. The van der Waals surface area contributed by atoms with E-state index in [2.05, 4.69) is 26.6 Å². The normalized spacial score (nSPS) is 19.9. The lowest BCUT2D eigenvalue weighted by Crippen LogP contribution is -2.40. The van der Waals surface area contributed by atoms with Crippen LogP contribution in [-0.4, -0.2) is 64.2 Å². The number of hydrogen-bond acceptors (Lipinski definition) is 7. The molecule has 0 bridgehead atoms. The quantitative estimate of drug-likeness (QED) is 0.669. The number of anilines is 1. The van der Waals surface area contributed by atoms with Crippen molar-refractivity contribution >= 4 is 17.7 Å². The van der Waals surface area contributed by atoms with Gasteiger partial charge in [-0.05, 0) is 20.8 Å². The maximum Gasteiger partial charge on any atom is 0.410 e. The third-order valence-corrected chi connectivity index (χ3v) is 4.96. The van der Waals surface area contributed by atoms with Crippen LogP contribution in [-0.2, 0) is 14.3 Å². The highest BCUT2D eigenvalue weighted by molar-refractivity contribution is 5.90. The van der Waals surface area contributed by atoms with Crippen molar-refractivity contribution in [3.05, 3.63) is 12.4 Å². The second-order valence-corrected chi connectivity index (χ2v) is 8.80. The van der Waals surface area contributed by atoms with Gasteiger partial charge in [-0.2, -0.15) is 15.3 Å². The SMILES string of the molecule is C#CCCC1(CCC(=O)Nc2cnn(C3COCCN(C(=O)OC(C)(C)C)C3)c2)N=N1. The fourth-order valence-electron chi connectivity index (χ4n) is 3.25. The molecule has 31 heavy (non-hydrogen) atoms. The van der Waals surface area contributed by atoms with Crippen molar-refractivity contribution in [3.8, 4) is 12.3 Å². The molecule has 1 atom stereocenters. The Morgan fingerprint density at radius 1 is 1.39 bits per heavy atom. The van der Waals surface area contributed by atoms with E-state index in [4.69, 9.17) is 15.9 Å². The van der Waals surface area contributed by atoms with Gasteiger partial charge in [0, 0.05) is 45.0 Å². The number of aromatic nitrogens is 2. The number of terminal acetylenes is 1. The molecule has 0 saturated carbocycles. The lowest BCUT2D eigenvalue weighted by atomic mass is 10.0. The van der Waals surface area contributed by atoms with E-state index < -0.39 is 11.3 Å². The Labute approximate surface area is 182 Å². The van der Waals surface area contributed by atoms with Crippen molar-refractivity contribution in [2.75, 3.05) is 31.6 Å². The second-order valence-electron chi connectivity index (χ2n) is 8.80. The fourth-order valence-corrected chi connectivity index (χ4v) is 3.25. The van der Waals surface area contributed by atoms with E-state index in [1.165, 1.54) is 0 Å². The molecule has 0 aliphatic carbocycles. The predicted molar refractivity (Wildman–Crippen MR) is 113 cm³/mol. The Balaban J connectivity index is 1.52.